The molecule has 0 fully saturated rings. The molecule has 76 valence electrons. The van der Waals surface area contributed by atoms with E-state index in [1.54, 1.807) is 0 Å². The molecule has 0 saturated carbocycles. The van der Waals surface area contributed by atoms with E-state index in [2.05, 4.69) is 0 Å². The van der Waals surface area contributed by atoms with Crippen molar-refractivity contribution in [3.8, 4) is 5.75 Å². The highest BCUT2D eigenvalue weighted by atomic mass is 35.5. The van der Waals surface area contributed by atoms with Crippen LogP contribution in [0.5, 0.6) is 5.75 Å². The van der Waals surface area contributed by atoms with Gasteiger partial charge in [0, 0.05) is 10.6 Å². The minimum Gasteiger partial charge on any atom is -0.506 e. The summed E-state index contributed by atoms with van der Waals surface area (Å²) in [6, 6.07) is 1.23. The summed E-state index contributed by atoms with van der Waals surface area (Å²) in [5.74, 6) is -1.62. The van der Waals surface area contributed by atoms with E-state index in [1.807, 2.05) is 0 Å². The summed E-state index contributed by atoms with van der Waals surface area (Å²) < 4.78 is 0. The van der Waals surface area contributed by atoms with Gasteiger partial charge >= 0.3 is 5.97 Å². The van der Waals surface area contributed by atoms with Crippen LogP contribution in [0.25, 0.3) is 0 Å². The van der Waals surface area contributed by atoms with Crippen LogP contribution in [0.4, 0.5) is 0 Å². The highest BCUT2D eigenvalue weighted by Gasteiger charge is 2.20. The van der Waals surface area contributed by atoms with Crippen molar-refractivity contribution >= 4 is 29.2 Å². The zero-order valence-corrected chi connectivity index (χ0v) is 8.38. The number of hydrogen-bond acceptors (Lipinski definition) is 3. The molecule has 0 bridgehead atoms. The van der Waals surface area contributed by atoms with E-state index in [1.165, 1.54) is 12.1 Å². The Morgan fingerprint density at radius 1 is 1.43 bits per heavy atom. The molecular weight excluding hydrogens is 229 g/mol. The molecule has 4 nitrogen and oxygen atoms in total. The van der Waals surface area contributed by atoms with E-state index in [0.29, 0.717) is 0 Å². The van der Waals surface area contributed by atoms with Gasteiger partial charge in [0.25, 0.3) is 0 Å². The predicted molar refractivity (Wildman–Crippen MR) is 52.7 cm³/mol. The van der Waals surface area contributed by atoms with Gasteiger partial charge < -0.3 is 15.9 Å². The van der Waals surface area contributed by atoms with Gasteiger partial charge in [-0.05, 0) is 12.1 Å². The van der Waals surface area contributed by atoms with Crippen LogP contribution in [-0.4, -0.2) is 16.2 Å². The maximum absolute atomic E-state index is 10.6. The number of phenols is 1. The number of aliphatic carboxylic acids is 1. The van der Waals surface area contributed by atoms with Crippen LogP contribution >= 0.6 is 23.2 Å². The third-order valence-corrected chi connectivity index (χ3v) is 2.17. The molecule has 0 aromatic heterocycles. The van der Waals surface area contributed by atoms with E-state index in [0.717, 1.165) is 0 Å². The zero-order chi connectivity index (χ0) is 10.9. The molecule has 0 aliphatic rings. The lowest BCUT2D eigenvalue weighted by molar-refractivity contribution is -0.138. The van der Waals surface area contributed by atoms with Crippen LogP contribution in [-0.2, 0) is 4.79 Å². The van der Waals surface area contributed by atoms with Gasteiger partial charge in [-0.3, -0.25) is 4.79 Å². The van der Waals surface area contributed by atoms with Crippen LogP contribution in [0.2, 0.25) is 10.0 Å². The van der Waals surface area contributed by atoms with Crippen molar-refractivity contribution in [3.05, 3.63) is 27.7 Å². The monoisotopic (exact) mass is 235 g/mol. The summed E-state index contributed by atoms with van der Waals surface area (Å²) in [6.07, 6.45) is 0. The van der Waals surface area contributed by atoms with E-state index in [4.69, 9.17) is 34.0 Å². The Balaban J connectivity index is 3.26. The summed E-state index contributed by atoms with van der Waals surface area (Å²) in [4.78, 5) is 10.6. The number of halogens is 2. The molecule has 1 rings (SSSR count). The number of benzene rings is 1. The SMILES string of the molecule is N[C@@H](C(=O)O)c1cc(Cl)cc(Cl)c1O. The molecule has 0 saturated heterocycles. The van der Waals surface area contributed by atoms with Gasteiger partial charge in [-0.25, -0.2) is 0 Å². The van der Waals surface area contributed by atoms with Gasteiger partial charge in [0.1, 0.15) is 11.8 Å². The number of rotatable bonds is 2. The molecule has 0 spiro atoms. The van der Waals surface area contributed by atoms with Crippen molar-refractivity contribution in [1.82, 2.24) is 0 Å². The Morgan fingerprint density at radius 2 is 2.00 bits per heavy atom. The number of nitrogens with two attached hydrogens (primary N) is 1. The highest BCUT2D eigenvalue weighted by Crippen LogP contribution is 2.34. The minimum absolute atomic E-state index is 0.00463. The summed E-state index contributed by atoms with van der Waals surface area (Å²) >= 11 is 11.2. The number of aromatic hydroxyl groups is 1. The lowest BCUT2D eigenvalue weighted by Crippen LogP contribution is -2.20. The molecular formula is C8H7Cl2NO3. The highest BCUT2D eigenvalue weighted by molar-refractivity contribution is 6.35. The molecule has 0 aliphatic heterocycles. The fourth-order valence-corrected chi connectivity index (χ4v) is 1.47. The summed E-state index contributed by atoms with van der Waals surface area (Å²) in [7, 11) is 0. The Kier molecular flexibility index (Phi) is 3.21. The molecule has 14 heavy (non-hydrogen) atoms. The molecule has 4 N–H and O–H groups in total. The maximum Gasteiger partial charge on any atom is 0.325 e. The number of hydrogen-bond donors (Lipinski definition) is 3. The first-order chi connectivity index (χ1) is 6.43. The Morgan fingerprint density at radius 3 is 2.50 bits per heavy atom. The van der Waals surface area contributed by atoms with Crippen LogP contribution in [0.1, 0.15) is 11.6 Å². The lowest BCUT2D eigenvalue weighted by atomic mass is 10.1. The normalized spacial score (nSPS) is 12.5. The van der Waals surface area contributed by atoms with Crippen molar-refractivity contribution in [3.63, 3.8) is 0 Å². The molecule has 6 heteroatoms. The van der Waals surface area contributed by atoms with Gasteiger partial charge in [-0.15, -0.1) is 0 Å². The predicted octanol–water partition coefficient (Wildman–Crippen LogP) is 1.78. The quantitative estimate of drug-likeness (QED) is 0.730. The number of carboxylic acid groups (broad SMARTS) is 1. The topological polar surface area (TPSA) is 83.6 Å². The number of carbonyl (C=O) groups is 1. The van der Waals surface area contributed by atoms with E-state index in [9.17, 15) is 9.90 Å². The Hall–Kier alpha value is -0.970. The molecule has 0 unspecified atom stereocenters. The first-order valence-corrected chi connectivity index (χ1v) is 4.35. The summed E-state index contributed by atoms with van der Waals surface area (Å²) in [6.45, 7) is 0. The number of carboxylic acids is 1. The molecule has 0 aliphatic carbocycles. The van der Waals surface area contributed by atoms with Crippen LogP contribution in [0.3, 0.4) is 0 Å². The van der Waals surface area contributed by atoms with Gasteiger partial charge in [0.05, 0.1) is 5.02 Å². The summed E-state index contributed by atoms with van der Waals surface area (Å²) in [5, 5.41) is 18.2. The van der Waals surface area contributed by atoms with Crippen LogP contribution in [0.15, 0.2) is 12.1 Å². The average Bonchev–Trinajstić information content (AvgIpc) is 2.09. The molecule has 1 aromatic carbocycles. The van der Waals surface area contributed by atoms with Crippen molar-refractivity contribution in [2.45, 2.75) is 6.04 Å². The second-order valence-electron chi connectivity index (χ2n) is 2.64. The Bertz CT molecular complexity index is 381. The van der Waals surface area contributed by atoms with Gasteiger partial charge in [0.15, 0.2) is 0 Å². The number of phenolic OH excluding ortho intramolecular Hbond substituents is 1. The Labute approximate surface area is 89.9 Å². The first-order valence-electron chi connectivity index (χ1n) is 3.59. The molecule has 0 heterocycles. The zero-order valence-electron chi connectivity index (χ0n) is 6.87. The fourth-order valence-electron chi connectivity index (χ4n) is 0.956. The van der Waals surface area contributed by atoms with Crippen molar-refractivity contribution in [1.29, 1.82) is 0 Å². The second-order valence-corrected chi connectivity index (χ2v) is 3.48. The van der Waals surface area contributed by atoms with E-state index >= 15 is 0 Å². The molecule has 1 aromatic rings. The smallest absolute Gasteiger partial charge is 0.325 e. The van der Waals surface area contributed by atoms with Crippen molar-refractivity contribution in [2.24, 2.45) is 5.73 Å². The lowest BCUT2D eigenvalue weighted by Gasteiger charge is -2.10. The van der Waals surface area contributed by atoms with Gasteiger partial charge in [-0.1, -0.05) is 23.2 Å². The van der Waals surface area contributed by atoms with Crippen LogP contribution < -0.4 is 5.73 Å². The van der Waals surface area contributed by atoms with Gasteiger partial charge in [0.2, 0.25) is 0 Å². The standard InChI is InChI=1S/C8H7Cl2NO3/c9-3-1-4(6(11)8(13)14)7(12)5(10)2-3/h1-2,6,12H,11H2,(H,13,14)/t6-/m1/s1. The molecule has 0 amide bonds. The van der Waals surface area contributed by atoms with Crippen molar-refractivity contribution in [2.75, 3.05) is 0 Å². The fraction of sp³-hybridized carbons (Fsp3) is 0.125. The maximum atomic E-state index is 10.6. The minimum atomic E-state index is -1.34. The third kappa shape index (κ3) is 2.09. The van der Waals surface area contributed by atoms with E-state index < -0.39 is 12.0 Å². The molecule has 1 atom stereocenters. The third-order valence-electron chi connectivity index (χ3n) is 1.66. The summed E-state index contributed by atoms with van der Waals surface area (Å²) in [5.41, 5.74) is 5.29. The average molecular weight is 236 g/mol. The second kappa shape index (κ2) is 4.04. The van der Waals surface area contributed by atoms with E-state index in [-0.39, 0.29) is 21.4 Å². The molecule has 0 radical (unpaired) electrons. The largest absolute Gasteiger partial charge is 0.506 e. The van der Waals surface area contributed by atoms with Gasteiger partial charge in [-0.2, -0.15) is 0 Å². The first kappa shape index (κ1) is 11.1. The van der Waals surface area contributed by atoms with Crippen LogP contribution in [0, 0.1) is 0 Å². The van der Waals surface area contributed by atoms with Crippen molar-refractivity contribution < 1.29 is 15.0 Å².